The summed E-state index contributed by atoms with van der Waals surface area (Å²) < 4.78 is 7.36. The molecular weight excluding hydrogens is 350 g/mol. The molecule has 0 radical (unpaired) electrons. The van der Waals surface area contributed by atoms with Crippen molar-refractivity contribution < 1.29 is 9.53 Å². The van der Waals surface area contributed by atoms with Gasteiger partial charge in [0.2, 0.25) is 5.91 Å². The van der Waals surface area contributed by atoms with E-state index in [1.165, 1.54) is 21.8 Å². The first-order valence-electron chi connectivity index (χ1n) is 8.26. The second kappa shape index (κ2) is 6.92. The van der Waals surface area contributed by atoms with Crippen molar-refractivity contribution in [3.05, 3.63) is 57.5 Å². The Hall–Kier alpha value is -2.67. The lowest BCUT2D eigenvalue weighted by atomic mass is 9.95. The number of rotatable bonds is 4. The van der Waals surface area contributed by atoms with Crippen LogP contribution in [0.4, 0.5) is 5.69 Å². The van der Waals surface area contributed by atoms with E-state index in [2.05, 4.69) is 10.3 Å². The van der Waals surface area contributed by atoms with Crippen molar-refractivity contribution in [3.63, 3.8) is 0 Å². The van der Waals surface area contributed by atoms with Crippen LogP contribution < -0.4 is 15.6 Å². The number of para-hydroxylation sites is 2. The van der Waals surface area contributed by atoms with E-state index in [-0.39, 0.29) is 18.1 Å². The number of carbonyl (C=O) groups is 1. The minimum Gasteiger partial charge on any atom is -0.485 e. The standard InChI is InChI=1S/C19H21N3O3S/c1-12-10-22-16(23)9-13(20-18(22)26-12)11-25-15-8-6-5-7-14(15)21-17(24)19(2,3)4/h5-10H,11H2,1-4H3,(H,21,24). The number of thiazole rings is 1. The maximum absolute atomic E-state index is 12.2. The van der Waals surface area contributed by atoms with Crippen molar-refractivity contribution in [2.24, 2.45) is 5.41 Å². The molecule has 0 saturated heterocycles. The Labute approximate surface area is 155 Å². The molecule has 0 bridgehead atoms. The molecule has 26 heavy (non-hydrogen) atoms. The Balaban J connectivity index is 1.80. The minimum absolute atomic E-state index is 0.0969. The van der Waals surface area contributed by atoms with E-state index in [0.29, 0.717) is 22.1 Å². The third-order valence-electron chi connectivity index (χ3n) is 3.73. The van der Waals surface area contributed by atoms with Gasteiger partial charge in [0.25, 0.3) is 5.56 Å². The molecule has 136 valence electrons. The maximum Gasteiger partial charge on any atom is 0.258 e. The van der Waals surface area contributed by atoms with Gasteiger partial charge in [-0.1, -0.05) is 32.9 Å². The highest BCUT2D eigenvalue weighted by molar-refractivity contribution is 7.16. The van der Waals surface area contributed by atoms with Crippen molar-refractivity contribution in [2.75, 3.05) is 5.32 Å². The fraction of sp³-hybridized carbons (Fsp3) is 0.316. The van der Waals surface area contributed by atoms with Crippen LogP contribution in [-0.2, 0) is 11.4 Å². The number of anilines is 1. The number of hydrogen-bond donors (Lipinski definition) is 1. The summed E-state index contributed by atoms with van der Waals surface area (Å²) in [6.45, 7) is 7.62. The van der Waals surface area contributed by atoms with Crippen LogP contribution in [0.5, 0.6) is 5.75 Å². The van der Waals surface area contributed by atoms with Crippen LogP contribution >= 0.6 is 11.3 Å². The van der Waals surface area contributed by atoms with Crippen molar-refractivity contribution in [3.8, 4) is 5.75 Å². The van der Waals surface area contributed by atoms with Gasteiger partial charge in [-0.3, -0.25) is 14.0 Å². The predicted molar refractivity (Wildman–Crippen MR) is 103 cm³/mol. The Morgan fingerprint density at radius 1 is 1.31 bits per heavy atom. The van der Waals surface area contributed by atoms with Crippen LogP contribution in [0.25, 0.3) is 4.96 Å². The Morgan fingerprint density at radius 2 is 2.04 bits per heavy atom. The van der Waals surface area contributed by atoms with Gasteiger partial charge in [0.05, 0.1) is 11.4 Å². The van der Waals surface area contributed by atoms with Gasteiger partial charge in [-0.05, 0) is 19.1 Å². The van der Waals surface area contributed by atoms with Gasteiger partial charge < -0.3 is 10.1 Å². The average molecular weight is 371 g/mol. The van der Waals surface area contributed by atoms with Gasteiger partial charge >= 0.3 is 0 Å². The molecule has 0 aliphatic heterocycles. The summed E-state index contributed by atoms with van der Waals surface area (Å²) in [6.07, 6.45) is 1.78. The molecule has 0 aliphatic rings. The number of nitrogens with one attached hydrogen (secondary N) is 1. The molecule has 3 aromatic rings. The second-order valence-electron chi connectivity index (χ2n) is 7.07. The zero-order valence-corrected chi connectivity index (χ0v) is 16.0. The normalized spacial score (nSPS) is 11.5. The van der Waals surface area contributed by atoms with E-state index in [1.807, 2.05) is 39.8 Å². The van der Waals surface area contributed by atoms with Crippen LogP contribution in [0.15, 0.2) is 41.3 Å². The van der Waals surface area contributed by atoms with Crippen LogP contribution in [-0.4, -0.2) is 15.3 Å². The van der Waals surface area contributed by atoms with Gasteiger partial charge in [-0.25, -0.2) is 4.98 Å². The molecular formula is C19H21N3O3S. The number of ether oxygens (including phenoxy) is 1. The molecule has 1 amide bonds. The number of nitrogens with zero attached hydrogens (tertiary/aromatic N) is 2. The third-order valence-corrected chi connectivity index (χ3v) is 4.63. The van der Waals surface area contributed by atoms with Gasteiger partial charge in [0.15, 0.2) is 4.96 Å². The quantitative estimate of drug-likeness (QED) is 0.760. The van der Waals surface area contributed by atoms with Gasteiger partial charge in [-0.2, -0.15) is 0 Å². The number of benzene rings is 1. The molecule has 2 heterocycles. The number of amides is 1. The van der Waals surface area contributed by atoms with E-state index in [1.54, 1.807) is 18.3 Å². The van der Waals surface area contributed by atoms with Crippen molar-refractivity contribution in [1.29, 1.82) is 0 Å². The van der Waals surface area contributed by atoms with E-state index < -0.39 is 5.41 Å². The first-order chi connectivity index (χ1) is 12.2. The molecule has 0 aliphatic carbocycles. The van der Waals surface area contributed by atoms with Crippen LogP contribution in [0.3, 0.4) is 0 Å². The zero-order valence-electron chi connectivity index (χ0n) is 15.2. The lowest BCUT2D eigenvalue weighted by Crippen LogP contribution is -2.27. The minimum atomic E-state index is -0.509. The zero-order chi connectivity index (χ0) is 18.9. The van der Waals surface area contributed by atoms with E-state index >= 15 is 0 Å². The monoisotopic (exact) mass is 371 g/mol. The molecule has 1 N–H and O–H groups in total. The summed E-state index contributed by atoms with van der Waals surface area (Å²) in [5.41, 5.74) is 0.504. The van der Waals surface area contributed by atoms with E-state index in [4.69, 9.17) is 4.74 Å². The number of aromatic nitrogens is 2. The number of hydrogen-bond acceptors (Lipinski definition) is 5. The first-order valence-corrected chi connectivity index (χ1v) is 9.08. The molecule has 7 heteroatoms. The van der Waals surface area contributed by atoms with Gasteiger partial charge in [0, 0.05) is 22.6 Å². The van der Waals surface area contributed by atoms with E-state index in [9.17, 15) is 9.59 Å². The number of aryl methyl sites for hydroxylation is 1. The Morgan fingerprint density at radius 3 is 2.77 bits per heavy atom. The highest BCUT2D eigenvalue weighted by atomic mass is 32.1. The Kier molecular flexibility index (Phi) is 4.82. The largest absolute Gasteiger partial charge is 0.485 e. The van der Waals surface area contributed by atoms with Gasteiger partial charge in [-0.15, -0.1) is 11.3 Å². The number of fused-ring (bicyclic) bond motifs is 1. The molecule has 6 nitrogen and oxygen atoms in total. The lowest BCUT2D eigenvalue weighted by molar-refractivity contribution is -0.123. The summed E-state index contributed by atoms with van der Waals surface area (Å²) >= 11 is 1.46. The summed E-state index contributed by atoms with van der Waals surface area (Å²) in [5.74, 6) is 0.440. The smallest absolute Gasteiger partial charge is 0.258 e. The first kappa shape index (κ1) is 18.1. The van der Waals surface area contributed by atoms with Gasteiger partial charge in [0.1, 0.15) is 12.4 Å². The van der Waals surface area contributed by atoms with Crippen molar-refractivity contribution in [2.45, 2.75) is 34.3 Å². The predicted octanol–water partition coefficient (Wildman–Crippen LogP) is 3.63. The summed E-state index contributed by atoms with van der Waals surface area (Å²) in [4.78, 5) is 30.5. The molecule has 2 aromatic heterocycles. The topological polar surface area (TPSA) is 72.7 Å². The highest BCUT2D eigenvalue weighted by Crippen LogP contribution is 2.27. The third kappa shape index (κ3) is 3.94. The molecule has 0 spiro atoms. The average Bonchev–Trinajstić information content (AvgIpc) is 2.94. The summed E-state index contributed by atoms with van der Waals surface area (Å²) in [6, 6.07) is 8.69. The number of carbonyl (C=O) groups excluding carboxylic acids is 1. The summed E-state index contributed by atoms with van der Waals surface area (Å²) in [5, 5.41) is 2.88. The van der Waals surface area contributed by atoms with Crippen molar-refractivity contribution in [1.82, 2.24) is 9.38 Å². The molecule has 0 fully saturated rings. The second-order valence-corrected chi connectivity index (χ2v) is 8.28. The van der Waals surface area contributed by atoms with Crippen molar-refractivity contribution >= 4 is 27.9 Å². The van der Waals surface area contributed by atoms with E-state index in [0.717, 1.165) is 4.88 Å². The molecule has 0 atom stereocenters. The highest BCUT2D eigenvalue weighted by Gasteiger charge is 2.22. The maximum atomic E-state index is 12.2. The Bertz CT molecular complexity index is 1010. The molecule has 1 aromatic carbocycles. The fourth-order valence-electron chi connectivity index (χ4n) is 2.29. The fourth-order valence-corrected chi connectivity index (χ4v) is 3.14. The molecule has 0 saturated carbocycles. The molecule has 0 unspecified atom stereocenters. The molecule has 3 rings (SSSR count). The lowest BCUT2D eigenvalue weighted by Gasteiger charge is -2.19. The van der Waals surface area contributed by atoms with Crippen LogP contribution in [0.1, 0.15) is 31.3 Å². The van der Waals surface area contributed by atoms with Crippen LogP contribution in [0, 0.1) is 12.3 Å². The summed E-state index contributed by atoms with van der Waals surface area (Å²) in [7, 11) is 0. The SMILES string of the molecule is Cc1cn2c(=O)cc(COc3ccccc3NC(=O)C(C)(C)C)nc2s1. The van der Waals surface area contributed by atoms with Crippen LogP contribution in [0.2, 0.25) is 0 Å².